The molecule has 0 aromatic heterocycles. The first-order valence-electron chi connectivity index (χ1n) is 5.94. The molecule has 1 aliphatic rings. The summed E-state index contributed by atoms with van der Waals surface area (Å²) in [4.78, 5) is 0. The second-order valence-corrected chi connectivity index (χ2v) is 4.78. The van der Waals surface area contributed by atoms with Crippen LogP contribution >= 0.6 is 11.6 Å². The Labute approximate surface area is 103 Å². The average molecular weight is 236 g/mol. The van der Waals surface area contributed by atoms with Gasteiger partial charge in [0, 0.05) is 17.1 Å². The molecule has 0 radical (unpaired) electrons. The summed E-state index contributed by atoms with van der Waals surface area (Å²) < 4.78 is 0. The van der Waals surface area contributed by atoms with Crippen LogP contribution in [0.3, 0.4) is 0 Å². The third-order valence-electron chi connectivity index (χ3n) is 3.09. The predicted octanol–water partition coefficient (Wildman–Crippen LogP) is 4.10. The Morgan fingerprint density at radius 2 is 2.19 bits per heavy atom. The molecular weight excluding hydrogens is 218 g/mol. The van der Waals surface area contributed by atoms with Gasteiger partial charge in [-0.05, 0) is 37.8 Å². The molecule has 0 spiro atoms. The number of benzene rings is 1. The SMILES string of the molecule is C[C@H](NC1C=CCCC1)c1ccccc1Cl. The van der Waals surface area contributed by atoms with Gasteiger partial charge in [0.15, 0.2) is 0 Å². The monoisotopic (exact) mass is 235 g/mol. The van der Waals surface area contributed by atoms with Crippen LogP contribution in [0.1, 0.15) is 37.8 Å². The summed E-state index contributed by atoms with van der Waals surface area (Å²) in [6.07, 6.45) is 8.27. The fourth-order valence-corrected chi connectivity index (χ4v) is 2.49. The largest absolute Gasteiger partial charge is 0.304 e. The maximum atomic E-state index is 6.18. The molecule has 0 saturated carbocycles. The highest BCUT2D eigenvalue weighted by Crippen LogP contribution is 2.23. The number of allylic oxidation sites excluding steroid dienone is 1. The summed E-state index contributed by atoms with van der Waals surface area (Å²) in [5.41, 5.74) is 1.18. The number of halogens is 1. The third-order valence-corrected chi connectivity index (χ3v) is 3.43. The lowest BCUT2D eigenvalue weighted by atomic mass is 10.0. The Hall–Kier alpha value is -0.790. The van der Waals surface area contributed by atoms with Crippen molar-refractivity contribution < 1.29 is 0 Å². The van der Waals surface area contributed by atoms with Gasteiger partial charge in [0.2, 0.25) is 0 Å². The zero-order valence-corrected chi connectivity index (χ0v) is 10.4. The van der Waals surface area contributed by atoms with Crippen LogP contribution in [0.25, 0.3) is 0 Å². The fraction of sp³-hybridized carbons (Fsp3) is 0.429. The zero-order chi connectivity index (χ0) is 11.4. The number of rotatable bonds is 3. The lowest BCUT2D eigenvalue weighted by molar-refractivity contribution is 0.467. The minimum absolute atomic E-state index is 0.307. The molecule has 2 heteroatoms. The highest BCUT2D eigenvalue weighted by molar-refractivity contribution is 6.31. The van der Waals surface area contributed by atoms with Crippen LogP contribution in [0.4, 0.5) is 0 Å². The van der Waals surface area contributed by atoms with Gasteiger partial charge in [-0.25, -0.2) is 0 Å². The van der Waals surface area contributed by atoms with Crippen molar-refractivity contribution in [3.05, 3.63) is 47.0 Å². The van der Waals surface area contributed by atoms with Gasteiger partial charge in [-0.15, -0.1) is 0 Å². The molecule has 1 aromatic rings. The van der Waals surface area contributed by atoms with E-state index in [9.17, 15) is 0 Å². The van der Waals surface area contributed by atoms with Crippen LogP contribution in [0.15, 0.2) is 36.4 Å². The Bertz CT molecular complexity index is 373. The molecule has 0 aliphatic heterocycles. The van der Waals surface area contributed by atoms with Crippen LogP contribution < -0.4 is 5.32 Å². The molecule has 1 unspecified atom stereocenters. The molecule has 2 rings (SSSR count). The Morgan fingerprint density at radius 3 is 2.88 bits per heavy atom. The standard InChI is InChI=1S/C14H18ClN/c1-11(13-9-5-6-10-14(13)15)16-12-7-3-2-4-8-12/h3,5-7,9-12,16H,2,4,8H2,1H3/t11-,12?/m0/s1. The minimum Gasteiger partial charge on any atom is -0.304 e. The van der Waals surface area contributed by atoms with Crippen LogP contribution in [-0.2, 0) is 0 Å². The van der Waals surface area contributed by atoms with Gasteiger partial charge in [0.25, 0.3) is 0 Å². The topological polar surface area (TPSA) is 12.0 Å². The van der Waals surface area contributed by atoms with E-state index in [2.05, 4.69) is 30.5 Å². The molecule has 1 N–H and O–H groups in total. The predicted molar refractivity (Wildman–Crippen MR) is 69.8 cm³/mol. The highest BCUT2D eigenvalue weighted by Gasteiger charge is 2.14. The summed E-state index contributed by atoms with van der Waals surface area (Å²) in [6, 6.07) is 8.86. The molecule has 1 aromatic carbocycles. The number of nitrogens with one attached hydrogen (secondary N) is 1. The maximum Gasteiger partial charge on any atom is 0.0453 e. The molecular formula is C14H18ClN. The van der Waals surface area contributed by atoms with Crippen LogP contribution in [0, 0.1) is 0 Å². The summed E-state index contributed by atoms with van der Waals surface area (Å²) in [7, 11) is 0. The summed E-state index contributed by atoms with van der Waals surface area (Å²) in [6.45, 7) is 2.17. The number of hydrogen-bond acceptors (Lipinski definition) is 1. The van der Waals surface area contributed by atoms with Gasteiger partial charge < -0.3 is 5.32 Å². The molecule has 16 heavy (non-hydrogen) atoms. The molecule has 2 atom stereocenters. The normalized spacial score (nSPS) is 22.0. The quantitative estimate of drug-likeness (QED) is 0.778. The van der Waals surface area contributed by atoms with Crippen molar-refractivity contribution in [3.63, 3.8) is 0 Å². The van der Waals surface area contributed by atoms with Crippen molar-refractivity contribution in [2.75, 3.05) is 0 Å². The molecule has 1 nitrogen and oxygen atoms in total. The zero-order valence-electron chi connectivity index (χ0n) is 9.62. The van der Waals surface area contributed by atoms with Crippen LogP contribution in [0.2, 0.25) is 5.02 Å². The van der Waals surface area contributed by atoms with E-state index in [4.69, 9.17) is 11.6 Å². The van der Waals surface area contributed by atoms with Crippen molar-refractivity contribution in [3.8, 4) is 0 Å². The average Bonchev–Trinajstić information content (AvgIpc) is 2.31. The van der Waals surface area contributed by atoms with Gasteiger partial charge in [-0.2, -0.15) is 0 Å². The maximum absolute atomic E-state index is 6.18. The van der Waals surface area contributed by atoms with Crippen molar-refractivity contribution in [2.45, 2.75) is 38.3 Å². The first-order valence-corrected chi connectivity index (χ1v) is 6.32. The summed E-state index contributed by atoms with van der Waals surface area (Å²) in [5.74, 6) is 0. The highest BCUT2D eigenvalue weighted by atomic mass is 35.5. The van der Waals surface area contributed by atoms with E-state index in [1.54, 1.807) is 0 Å². The van der Waals surface area contributed by atoms with Gasteiger partial charge >= 0.3 is 0 Å². The molecule has 0 amide bonds. The fourth-order valence-electron chi connectivity index (χ4n) is 2.19. The Morgan fingerprint density at radius 1 is 1.38 bits per heavy atom. The smallest absolute Gasteiger partial charge is 0.0453 e. The van der Waals surface area contributed by atoms with E-state index >= 15 is 0 Å². The molecule has 0 fully saturated rings. The van der Waals surface area contributed by atoms with E-state index in [1.165, 1.54) is 24.8 Å². The van der Waals surface area contributed by atoms with Crippen molar-refractivity contribution in [2.24, 2.45) is 0 Å². The van der Waals surface area contributed by atoms with Crippen LogP contribution in [-0.4, -0.2) is 6.04 Å². The van der Waals surface area contributed by atoms with Gasteiger partial charge in [0.05, 0.1) is 0 Å². The van der Waals surface area contributed by atoms with Crippen molar-refractivity contribution in [1.82, 2.24) is 5.32 Å². The lowest BCUT2D eigenvalue weighted by Gasteiger charge is -2.23. The van der Waals surface area contributed by atoms with E-state index in [1.807, 2.05) is 18.2 Å². The second-order valence-electron chi connectivity index (χ2n) is 4.38. The lowest BCUT2D eigenvalue weighted by Crippen LogP contribution is -2.31. The third kappa shape index (κ3) is 2.87. The molecule has 1 aliphatic carbocycles. The van der Waals surface area contributed by atoms with Gasteiger partial charge in [-0.1, -0.05) is 42.0 Å². The van der Waals surface area contributed by atoms with Crippen LogP contribution in [0.5, 0.6) is 0 Å². The van der Waals surface area contributed by atoms with Gasteiger partial charge in [-0.3, -0.25) is 0 Å². The van der Waals surface area contributed by atoms with E-state index < -0.39 is 0 Å². The Kier molecular flexibility index (Phi) is 4.03. The van der Waals surface area contributed by atoms with E-state index in [0.717, 1.165) is 5.02 Å². The second kappa shape index (κ2) is 5.51. The summed E-state index contributed by atoms with van der Waals surface area (Å²) in [5, 5.41) is 4.45. The van der Waals surface area contributed by atoms with E-state index in [-0.39, 0.29) is 0 Å². The molecule has 86 valence electrons. The van der Waals surface area contributed by atoms with Gasteiger partial charge in [0.1, 0.15) is 0 Å². The summed E-state index contributed by atoms with van der Waals surface area (Å²) >= 11 is 6.18. The van der Waals surface area contributed by atoms with E-state index in [0.29, 0.717) is 12.1 Å². The molecule has 0 saturated heterocycles. The minimum atomic E-state index is 0.307. The van der Waals surface area contributed by atoms with Crippen molar-refractivity contribution >= 4 is 11.6 Å². The first kappa shape index (κ1) is 11.7. The Balaban J connectivity index is 2.02. The first-order chi connectivity index (χ1) is 7.77. The molecule has 0 heterocycles. The number of hydrogen-bond donors (Lipinski definition) is 1. The van der Waals surface area contributed by atoms with Crippen molar-refractivity contribution in [1.29, 1.82) is 0 Å². The molecule has 0 bridgehead atoms.